The average Bonchev–Trinajstić information content (AvgIpc) is 1.87. The minimum atomic E-state index is -0.949. The zero-order valence-electron chi connectivity index (χ0n) is 6.26. The minimum Gasteiger partial charge on any atom is -0.477 e. The molecule has 1 N–H and O–H groups in total. The van der Waals surface area contributed by atoms with Crippen molar-refractivity contribution in [3.63, 3.8) is 0 Å². The molecule has 0 aromatic heterocycles. The molecule has 1 unspecified atom stereocenters. The van der Waals surface area contributed by atoms with Crippen molar-refractivity contribution in [2.45, 2.75) is 26.7 Å². The van der Waals surface area contributed by atoms with Crippen molar-refractivity contribution in [1.82, 2.24) is 0 Å². The van der Waals surface area contributed by atoms with Gasteiger partial charge in [0.2, 0.25) is 0 Å². The predicted molar refractivity (Wildman–Crippen MR) is 44.3 cm³/mol. The molecule has 0 aliphatic rings. The van der Waals surface area contributed by atoms with Gasteiger partial charge in [0.25, 0.3) is 0 Å². The summed E-state index contributed by atoms with van der Waals surface area (Å²) < 4.78 is 0. The molecule has 0 aromatic rings. The summed E-state index contributed by atoms with van der Waals surface area (Å²) in [6, 6.07) is 0. The summed E-state index contributed by atoms with van der Waals surface area (Å²) in [5, 5.41) is 8.39. The maximum atomic E-state index is 10.2. The molecule has 0 spiro atoms. The fourth-order valence-corrected chi connectivity index (χ4v) is 0.833. The molecule has 0 heterocycles. The molecule has 0 saturated carbocycles. The number of hydrogen-bond donors (Lipinski definition) is 1. The molecule has 0 fully saturated rings. The van der Waals surface area contributed by atoms with Gasteiger partial charge < -0.3 is 5.11 Å². The maximum Gasteiger partial charge on any atom is 0.342 e. The summed E-state index contributed by atoms with van der Waals surface area (Å²) in [6.45, 7) is 4.02. The SMILES string of the molecule is CCC(C)CC(=S)C(=O)O. The summed E-state index contributed by atoms with van der Waals surface area (Å²) in [4.78, 5) is 10.4. The topological polar surface area (TPSA) is 37.3 Å². The number of hydrogen-bond acceptors (Lipinski definition) is 2. The second kappa shape index (κ2) is 4.39. The highest BCUT2D eigenvalue weighted by Gasteiger charge is 2.09. The van der Waals surface area contributed by atoms with E-state index >= 15 is 0 Å². The molecule has 0 saturated heterocycles. The number of rotatable bonds is 4. The Balaban J connectivity index is 3.68. The molecule has 10 heavy (non-hydrogen) atoms. The molecule has 0 aliphatic heterocycles. The van der Waals surface area contributed by atoms with Crippen LogP contribution in [-0.2, 0) is 4.79 Å². The number of carboxylic acids is 1. The normalized spacial score (nSPS) is 12.6. The van der Waals surface area contributed by atoms with Crippen LogP contribution in [-0.4, -0.2) is 15.9 Å². The lowest BCUT2D eigenvalue weighted by Crippen LogP contribution is -2.13. The van der Waals surface area contributed by atoms with Crippen molar-refractivity contribution >= 4 is 23.1 Å². The van der Waals surface area contributed by atoms with E-state index in [9.17, 15) is 4.79 Å². The fraction of sp³-hybridized carbons (Fsp3) is 0.714. The van der Waals surface area contributed by atoms with Crippen molar-refractivity contribution < 1.29 is 9.90 Å². The highest BCUT2D eigenvalue weighted by molar-refractivity contribution is 7.82. The molecule has 3 heteroatoms. The second-order valence-corrected chi connectivity index (χ2v) is 2.94. The molecule has 0 rings (SSSR count). The lowest BCUT2D eigenvalue weighted by atomic mass is 10.0. The second-order valence-electron chi connectivity index (χ2n) is 2.45. The van der Waals surface area contributed by atoms with Gasteiger partial charge in [-0.25, -0.2) is 4.79 Å². The molecule has 1 atom stereocenters. The van der Waals surface area contributed by atoms with Gasteiger partial charge >= 0.3 is 5.97 Å². The standard InChI is InChI=1S/C7H12O2S/c1-3-5(2)4-6(10)7(8)9/h5H,3-4H2,1-2H3,(H,8,9). The molecule has 58 valence electrons. The van der Waals surface area contributed by atoms with E-state index in [0.29, 0.717) is 12.3 Å². The first-order valence-corrected chi connectivity index (χ1v) is 3.74. The zero-order valence-corrected chi connectivity index (χ0v) is 7.07. The maximum absolute atomic E-state index is 10.2. The van der Waals surface area contributed by atoms with E-state index < -0.39 is 5.97 Å². The smallest absolute Gasteiger partial charge is 0.342 e. The van der Waals surface area contributed by atoms with E-state index in [1.165, 1.54) is 0 Å². The van der Waals surface area contributed by atoms with Crippen LogP contribution in [0.4, 0.5) is 0 Å². The third-order valence-electron chi connectivity index (χ3n) is 1.47. The summed E-state index contributed by atoms with van der Waals surface area (Å²) in [5.41, 5.74) is 0. The van der Waals surface area contributed by atoms with Crippen LogP contribution in [0.1, 0.15) is 26.7 Å². The monoisotopic (exact) mass is 160 g/mol. The van der Waals surface area contributed by atoms with Crippen LogP contribution in [0.5, 0.6) is 0 Å². The summed E-state index contributed by atoms with van der Waals surface area (Å²) in [7, 11) is 0. The largest absolute Gasteiger partial charge is 0.477 e. The van der Waals surface area contributed by atoms with Crippen molar-refractivity contribution in [2.24, 2.45) is 5.92 Å². The van der Waals surface area contributed by atoms with Crippen molar-refractivity contribution in [1.29, 1.82) is 0 Å². The molecule has 0 amide bonds. The van der Waals surface area contributed by atoms with Gasteiger partial charge in [-0.15, -0.1) is 0 Å². The Morgan fingerprint density at radius 2 is 2.20 bits per heavy atom. The predicted octanol–water partition coefficient (Wildman–Crippen LogP) is 1.88. The highest BCUT2D eigenvalue weighted by Crippen LogP contribution is 2.07. The molecule has 0 aliphatic carbocycles. The molecular weight excluding hydrogens is 148 g/mol. The summed E-state index contributed by atoms with van der Waals surface area (Å²) in [5.74, 6) is -0.557. The van der Waals surface area contributed by atoms with E-state index in [4.69, 9.17) is 5.11 Å². The Labute approximate surface area is 66.2 Å². The molecule has 2 nitrogen and oxygen atoms in total. The first-order valence-electron chi connectivity index (χ1n) is 3.34. The Morgan fingerprint density at radius 1 is 1.70 bits per heavy atom. The van der Waals surface area contributed by atoms with Gasteiger partial charge in [0.1, 0.15) is 4.86 Å². The minimum absolute atomic E-state index is 0.148. The zero-order chi connectivity index (χ0) is 8.15. The summed E-state index contributed by atoms with van der Waals surface area (Å²) >= 11 is 4.62. The van der Waals surface area contributed by atoms with E-state index in [0.717, 1.165) is 6.42 Å². The Hall–Kier alpha value is -0.440. The quantitative estimate of drug-likeness (QED) is 0.638. The van der Waals surface area contributed by atoms with Crippen LogP contribution in [0, 0.1) is 5.92 Å². The first-order chi connectivity index (χ1) is 4.57. The lowest BCUT2D eigenvalue weighted by Gasteiger charge is -2.04. The number of carboxylic acid groups (broad SMARTS) is 1. The number of aliphatic carboxylic acids is 1. The van der Waals surface area contributed by atoms with Crippen molar-refractivity contribution in [3.8, 4) is 0 Å². The van der Waals surface area contributed by atoms with Crippen LogP contribution in [0.25, 0.3) is 0 Å². The lowest BCUT2D eigenvalue weighted by molar-refractivity contribution is -0.129. The van der Waals surface area contributed by atoms with Crippen molar-refractivity contribution in [3.05, 3.63) is 0 Å². The third-order valence-corrected chi connectivity index (χ3v) is 1.81. The van der Waals surface area contributed by atoms with Crippen LogP contribution < -0.4 is 0 Å². The van der Waals surface area contributed by atoms with E-state index in [-0.39, 0.29) is 4.86 Å². The molecule has 0 aromatic carbocycles. The Morgan fingerprint density at radius 3 is 2.50 bits per heavy atom. The van der Waals surface area contributed by atoms with Gasteiger partial charge in [-0.2, -0.15) is 0 Å². The molecular formula is C7H12O2S. The first kappa shape index (κ1) is 9.56. The number of carbonyl (C=O) groups is 1. The van der Waals surface area contributed by atoms with E-state index in [2.05, 4.69) is 12.2 Å². The van der Waals surface area contributed by atoms with E-state index in [1.54, 1.807) is 0 Å². The van der Waals surface area contributed by atoms with Gasteiger partial charge in [-0.3, -0.25) is 0 Å². The average molecular weight is 160 g/mol. The van der Waals surface area contributed by atoms with Gasteiger partial charge in [0.05, 0.1) is 0 Å². The molecule has 0 radical (unpaired) electrons. The van der Waals surface area contributed by atoms with Crippen LogP contribution in [0.15, 0.2) is 0 Å². The van der Waals surface area contributed by atoms with Gasteiger partial charge in [0.15, 0.2) is 0 Å². The summed E-state index contributed by atoms with van der Waals surface area (Å²) in [6.07, 6.45) is 1.51. The molecule has 0 bridgehead atoms. The Kier molecular flexibility index (Phi) is 4.19. The van der Waals surface area contributed by atoms with Gasteiger partial charge in [-0.1, -0.05) is 32.5 Å². The number of thiocarbonyl (C=S) groups is 1. The van der Waals surface area contributed by atoms with Crippen LogP contribution >= 0.6 is 12.2 Å². The fourth-order valence-electron chi connectivity index (χ4n) is 0.548. The van der Waals surface area contributed by atoms with Crippen LogP contribution in [0.3, 0.4) is 0 Å². The van der Waals surface area contributed by atoms with E-state index in [1.807, 2.05) is 13.8 Å². The third kappa shape index (κ3) is 3.56. The highest BCUT2D eigenvalue weighted by atomic mass is 32.1. The van der Waals surface area contributed by atoms with Crippen LogP contribution in [0.2, 0.25) is 0 Å². The van der Waals surface area contributed by atoms with Gasteiger partial charge in [0, 0.05) is 0 Å². The van der Waals surface area contributed by atoms with Crippen molar-refractivity contribution in [2.75, 3.05) is 0 Å². The van der Waals surface area contributed by atoms with Gasteiger partial charge in [-0.05, 0) is 12.3 Å². The Bertz CT molecular complexity index is 143.